The number of carbonyl (C=O) groups excluding carboxylic acids is 1. The molecule has 1 atom stereocenters. The maximum Gasteiger partial charge on any atom is 0.257 e. The fourth-order valence-corrected chi connectivity index (χ4v) is 3.00. The predicted octanol–water partition coefficient (Wildman–Crippen LogP) is 1.65. The van der Waals surface area contributed by atoms with Crippen molar-refractivity contribution in [3.8, 4) is 10.8 Å². The number of amides is 1. The summed E-state index contributed by atoms with van der Waals surface area (Å²) in [5.74, 6) is 1.14. The van der Waals surface area contributed by atoms with E-state index in [0.29, 0.717) is 44.6 Å². The van der Waals surface area contributed by atoms with Crippen molar-refractivity contribution in [2.75, 3.05) is 39.9 Å². The molecule has 1 aliphatic rings. The normalized spacial score (nSPS) is 16.7. The van der Waals surface area contributed by atoms with E-state index < -0.39 is 0 Å². The van der Waals surface area contributed by atoms with Gasteiger partial charge in [0.05, 0.1) is 30.7 Å². The predicted molar refractivity (Wildman–Crippen MR) is 86.1 cm³/mol. The molecule has 124 valence electrons. The summed E-state index contributed by atoms with van der Waals surface area (Å²) in [7, 11) is 1.89. The molecule has 2 aromatic heterocycles. The summed E-state index contributed by atoms with van der Waals surface area (Å²) in [6.45, 7) is 4.81. The topological polar surface area (TPSA) is 71.7 Å². The molecule has 23 heavy (non-hydrogen) atoms. The molecule has 1 fully saturated rings. The Morgan fingerprint density at radius 3 is 2.91 bits per heavy atom. The molecular weight excluding hydrogens is 316 g/mol. The van der Waals surface area contributed by atoms with Crippen LogP contribution in [0.1, 0.15) is 18.9 Å². The van der Waals surface area contributed by atoms with E-state index in [1.807, 2.05) is 41.3 Å². The first kappa shape index (κ1) is 16.1. The van der Waals surface area contributed by atoms with Gasteiger partial charge < -0.3 is 14.1 Å². The average molecular weight is 336 g/mol. The van der Waals surface area contributed by atoms with Crippen molar-refractivity contribution < 1.29 is 13.9 Å². The molecule has 0 saturated carbocycles. The highest BCUT2D eigenvalue weighted by Crippen LogP contribution is 2.26. The highest BCUT2D eigenvalue weighted by atomic mass is 32.1. The van der Waals surface area contributed by atoms with E-state index in [-0.39, 0.29) is 11.9 Å². The van der Waals surface area contributed by atoms with E-state index in [1.54, 1.807) is 11.3 Å². The molecule has 0 spiro atoms. The molecule has 0 N–H and O–H groups in total. The van der Waals surface area contributed by atoms with E-state index in [4.69, 9.17) is 9.15 Å². The van der Waals surface area contributed by atoms with Gasteiger partial charge in [-0.05, 0) is 25.4 Å². The van der Waals surface area contributed by atoms with Gasteiger partial charge in [0.1, 0.15) is 0 Å². The van der Waals surface area contributed by atoms with Crippen LogP contribution in [0.25, 0.3) is 10.8 Å². The number of morpholine rings is 1. The maximum atomic E-state index is 12.3. The van der Waals surface area contributed by atoms with Gasteiger partial charge in [-0.25, -0.2) is 0 Å². The molecule has 0 aliphatic carbocycles. The third-order valence-corrected chi connectivity index (χ3v) is 4.80. The van der Waals surface area contributed by atoms with Crippen molar-refractivity contribution in [2.24, 2.45) is 0 Å². The zero-order valence-corrected chi connectivity index (χ0v) is 14.1. The Kier molecular flexibility index (Phi) is 5.04. The number of hydrogen-bond donors (Lipinski definition) is 0. The van der Waals surface area contributed by atoms with Crippen LogP contribution < -0.4 is 0 Å². The van der Waals surface area contributed by atoms with Crippen LogP contribution in [0.5, 0.6) is 0 Å². The van der Waals surface area contributed by atoms with Gasteiger partial charge in [0.2, 0.25) is 11.8 Å². The molecule has 3 rings (SSSR count). The lowest BCUT2D eigenvalue weighted by Crippen LogP contribution is -2.45. The Morgan fingerprint density at radius 2 is 2.22 bits per heavy atom. The summed E-state index contributed by atoms with van der Waals surface area (Å²) >= 11 is 1.56. The third kappa shape index (κ3) is 3.77. The smallest absolute Gasteiger partial charge is 0.257 e. The highest BCUT2D eigenvalue weighted by molar-refractivity contribution is 7.13. The fourth-order valence-electron chi connectivity index (χ4n) is 2.35. The summed E-state index contributed by atoms with van der Waals surface area (Å²) in [4.78, 5) is 17.0. The molecule has 1 aliphatic heterocycles. The Bertz CT molecular complexity index is 637. The van der Waals surface area contributed by atoms with E-state index in [1.165, 1.54) is 0 Å². The first-order valence-corrected chi connectivity index (χ1v) is 8.46. The second kappa shape index (κ2) is 7.20. The quantitative estimate of drug-likeness (QED) is 0.827. The van der Waals surface area contributed by atoms with Crippen molar-refractivity contribution in [3.05, 3.63) is 23.4 Å². The lowest BCUT2D eigenvalue weighted by atomic mass is 10.3. The lowest BCUT2D eigenvalue weighted by Gasteiger charge is -2.29. The third-order valence-electron chi connectivity index (χ3n) is 3.94. The average Bonchev–Trinajstić information content (AvgIpc) is 3.26. The zero-order valence-electron chi connectivity index (χ0n) is 13.3. The maximum absolute atomic E-state index is 12.3. The number of ether oxygens (including phenoxy) is 1. The monoisotopic (exact) mass is 336 g/mol. The first-order valence-electron chi connectivity index (χ1n) is 7.58. The van der Waals surface area contributed by atoms with Crippen LogP contribution in [0, 0.1) is 0 Å². The number of nitrogens with zero attached hydrogens (tertiary/aromatic N) is 4. The highest BCUT2D eigenvalue weighted by Gasteiger charge is 2.24. The van der Waals surface area contributed by atoms with E-state index in [9.17, 15) is 4.79 Å². The minimum atomic E-state index is -0.124. The van der Waals surface area contributed by atoms with Crippen molar-refractivity contribution in [3.63, 3.8) is 0 Å². The number of thiophene rings is 1. The van der Waals surface area contributed by atoms with E-state index >= 15 is 0 Å². The van der Waals surface area contributed by atoms with Crippen LogP contribution in [0.15, 0.2) is 21.9 Å². The number of carbonyl (C=O) groups is 1. The molecule has 2 aromatic rings. The van der Waals surface area contributed by atoms with Crippen LogP contribution in [0.3, 0.4) is 0 Å². The van der Waals surface area contributed by atoms with Gasteiger partial charge in [-0.2, -0.15) is 0 Å². The summed E-state index contributed by atoms with van der Waals surface area (Å²) < 4.78 is 11.0. The van der Waals surface area contributed by atoms with Gasteiger partial charge >= 0.3 is 0 Å². The molecule has 0 bridgehead atoms. The van der Waals surface area contributed by atoms with Crippen LogP contribution in [-0.4, -0.2) is 65.8 Å². The minimum Gasteiger partial charge on any atom is -0.418 e. The second-order valence-corrected chi connectivity index (χ2v) is 6.45. The van der Waals surface area contributed by atoms with Crippen LogP contribution in [0.2, 0.25) is 0 Å². The number of rotatable bonds is 5. The Morgan fingerprint density at radius 1 is 1.43 bits per heavy atom. The minimum absolute atomic E-state index is 0.0978. The molecule has 1 saturated heterocycles. The summed E-state index contributed by atoms with van der Waals surface area (Å²) in [5.41, 5.74) is 0. The standard InChI is InChI=1S/C15H20N4O3S/c1-11(14-16-17-15(22-14)12-4-3-9-23-12)18(2)10-13(20)19-5-7-21-8-6-19/h3-4,9,11H,5-8,10H2,1-2H3/t11-/m0/s1. The van der Waals surface area contributed by atoms with Crippen LogP contribution >= 0.6 is 11.3 Å². The molecular formula is C15H20N4O3S. The summed E-state index contributed by atoms with van der Waals surface area (Å²) in [5, 5.41) is 10.2. The van der Waals surface area contributed by atoms with Crippen molar-refractivity contribution in [2.45, 2.75) is 13.0 Å². The van der Waals surface area contributed by atoms with E-state index in [0.717, 1.165) is 4.88 Å². The van der Waals surface area contributed by atoms with Gasteiger partial charge in [0.25, 0.3) is 5.89 Å². The Hall–Kier alpha value is -1.77. The van der Waals surface area contributed by atoms with Gasteiger partial charge in [-0.3, -0.25) is 9.69 Å². The van der Waals surface area contributed by atoms with E-state index in [2.05, 4.69) is 10.2 Å². The van der Waals surface area contributed by atoms with Gasteiger partial charge in [0, 0.05) is 13.1 Å². The number of likely N-dealkylation sites (N-methyl/N-ethyl adjacent to an activating group) is 1. The summed E-state index contributed by atoms with van der Waals surface area (Å²) in [6.07, 6.45) is 0. The molecule has 0 aromatic carbocycles. The molecule has 0 radical (unpaired) electrons. The van der Waals surface area contributed by atoms with Gasteiger partial charge in [0.15, 0.2) is 0 Å². The second-order valence-electron chi connectivity index (χ2n) is 5.51. The zero-order chi connectivity index (χ0) is 16.2. The number of hydrogen-bond acceptors (Lipinski definition) is 7. The molecule has 8 heteroatoms. The Labute approximate surface area is 138 Å². The van der Waals surface area contributed by atoms with Crippen LogP contribution in [0.4, 0.5) is 0 Å². The molecule has 1 amide bonds. The van der Waals surface area contributed by atoms with Crippen molar-refractivity contribution in [1.29, 1.82) is 0 Å². The largest absolute Gasteiger partial charge is 0.418 e. The molecule has 3 heterocycles. The molecule has 0 unspecified atom stereocenters. The number of aromatic nitrogens is 2. The van der Waals surface area contributed by atoms with Gasteiger partial charge in [-0.1, -0.05) is 6.07 Å². The van der Waals surface area contributed by atoms with Crippen molar-refractivity contribution >= 4 is 17.2 Å². The Balaban J connectivity index is 1.60. The summed E-state index contributed by atoms with van der Waals surface area (Å²) in [6, 6.07) is 3.76. The van der Waals surface area contributed by atoms with Crippen LogP contribution in [-0.2, 0) is 9.53 Å². The first-order chi connectivity index (χ1) is 11.1. The SMILES string of the molecule is C[C@@H](c1nnc(-c2cccs2)o1)N(C)CC(=O)N1CCOCC1. The van der Waals surface area contributed by atoms with Gasteiger partial charge in [-0.15, -0.1) is 21.5 Å². The lowest BCUT2D eigenvalue weighted by molar-refractivity contribution is -0.136. The molecule has 7 nitrogen and oxygen atoms in total. The fraction of sp³-hybridized carbons (Fsp3) is 0.533. The van der Waals surface area contributed by atoms with Crippen molar-refractivity contribution in [1.82, 2.24) is 20.0 Å².